The van der Waals surface area contributed by atoms with Gasteiger partial charge >= 0.3 is 0 Å². The highest BCUT2D eigenvalue weighted by molar-refractivity contribution is 5.57. The number of nitrogens with zero attached hydrogens (tertiary/aromatic N) is 2. The molecule has 0 aliphatic rings. The molecule has 96 valence electrons. The van der Waals surface area contributed by atoms with Gasteiger partial charge in [-0.2, -0.15) is 0 Å². The zero-order valence-corrected chi connectivity index (χ0v) is 11.0. The molecular weight excluding hydrogens is 216 g/mol. The molecule has 5 nitrogen and oxygen atoms in total. The minimum absolute atomic E-state index is 0.0942. The Bertz CT molecular complexity index is 366. The topological polar surface area (TPSA) is 70.1 Å². The summed E-state index contributed by atoms with van der Waals surface area (Å²) in [5, 5.41) is 15.2. The van der Waals surface area contributed by atoms with Crippen LogP contribution in [-0.2, 0) is 0 Å². The first-order chi connectivity index (χ1) is 8.10. The van der Waals surface area contributed by atoms with Gasteiger partial charge in [0.25, 0.3) is 0 Å². The van der Waals surface area contributed by atoms with Crippen LogP contribution in [0.3, 0.4) is 0 Å². The molecule has 17 heavy (non-hydrogen) atoms. The number of anilines is 2. The van der Waals surface area contributed by atoms with Crippen LogP contribution in [-0.4, -0.2) is 34.8 Å². The Morgan fingerprint density at radius 1 is 1.18 bits per heavy atom. The lowest BCUT2D eigenvalue weighted by molar-refractivity contribution is 0.311. The number of aliphatic hydroxyl groups excluding tert-OH is 1. The van der Waals surface area contributed by atoms with Crippen molar-refractivity contribution in [1.29, 1.82) is 0 Å². The molecule has 0 radical (unpaired) electrons. The zero-order valence-electron chi connectivity index (χ0n) is 11.0. The van der Waals surface area contributed by atoms with Crippen molar-refractivity contribution in [2.75, 3.05) is 30.3 Å². The van der Waals surface area contributed by atoms with Crippen LogP contribution in [0.5, 0.6) is 0 Å². The third-order valence-corrected chi connectivity index (χ3v) is 2.43. The van der Waals surface area contributed by atoms with Crippen LogP contribution in [0, 0.1) is 6.92 Å². The maximum absolute atomic E-state index is 8.85. The Balaban J connectivity index is 3.08. The smallest absolute Gasteiger partial charge is 0.135 e. The molecule has 0 spiro atoms. The molecule has 3 N–H and O–H groups in total. The van der Waals surface area contributed by atoms with Crippen molar-refractivity contribution in [3.8, 4) is 0 Å². The molecule has 0 amide bonds. The van der Waals surface area contributed by atoms with Crippen LogP contribution in [0.2, 0.25) is 0 Å². The molecule has 0 aliphatic carbocycles. The lowest BCUT2D eigenvalue weighted by Crippen LogP contribution is -2.14. The van der Waals surface area contributed by atoms with Crippen LogP contribution >= 0.6 is 0 Å². The second-order valence-electron chi connectivity index (χ2n) is 4.24. The summed E-state index contributed by atoms with van der Waals surface area (Å²) in [5.41, 5.74) is 0.990. The summed E-state index contributed by atoms with van der Waals surface area (Å²) in [6.45, 7) is 9.57. The normalized spacial score (nSPS) is 10.7. The van der Waals surface area contributed by atoms with Gasteiger partial charge in [-0.05, 0) is 13.8 Å². The summed E-state index contributed by atoms with van der Waals surface area (Å²) in [4.78, 5) is 8.98. The van der Waals surface area contributed by atoms with Gasteiger partial charge in [0, 0.05) is 24.6 Å². The Morgan fingerprint density at radius 3 is 2.24 bits per heavy atom. The highest BCUT2D eigenvalue weighted by atomic mass is 16.3. The molecule has 1 rings (SSSR count). The molecule has 0 aliphatic heterocycles. The molecule has 0 bridgehead atoms. The van der Waals surface area contributed by atoms with Crippen LogP contribution in [0.1, 0.15) is 38.1 Å². The number of rotatable bonds is 6. The Kier molecular flexibility index (Phi) is 5.15. The van der Waals surface area contributed by atoms with E-state index in [1.165, 1.54) is 0 Å². The fourth-order valence-corrected chi connectivity index (χ4v) is 1.48. The van der Waals surface area contributed by atoms with E-state index in [1.54, 1.807) is 0 Å². The first-order valence-corrected chi connectivity index (χ1v) is 6.07. The number of nitrogens with one attached hydrogen (secondary N) is 2. The summed E-state index contributed by atoms with van der Waals surface area (Å²) in [6.07, 6.45) is 0. The fraction of sp³-hybridized carbons (Fsp3) is 0.667. The molecule has 0 aromatic carbocycles. The van der Waals surface area contributed by atoms with Gasteiger partial charge in [0.1, 0.15) is 17.5 Å². The molecule has 0 saturated heterocycles. The van der Waals surface area contributed by atoms with E-state index < -0.39 is 0 Å². The van der Waals surface area contributed by atoms with Gasteiger partial charge in [-0.25, -0.2) is 9.97 Å². The van der Waals surface area contributed by atoms with Crippen molar-refractivity contribution in [3.63, 3.8) is 0 Å². The Morgan fingerprint density at radius 2 is 1.76 bits per heavy atom. The molecule has 1 aromatic rings. The maximum atomic E-state index is 8.85. The van der Waals surface area contributed by atoms with Gasteiger partial charge in [-0.3, -0.25) is 0 Å². The third kappa shape index (κ3) is 3.56. The molecule has 1 aromatic heterocycles. The minimum Gasteiger partial charge on any atom is -0.395 e. The molecule has 0 unspecified atom stereocenters. The van der Waals surface area contributed by atoms with Gasteiger partial charge in [-0.15, -0.1) is 0 Å². The summed E-state index contributed by atoms with van der Waals surface area (Å²) < 4.78 is 0. The van der Waals surface area contributed by atoms with Crippen molar-refractivity contribution >= 4 is 11.6 Å². The van der Waals surface area contributed by atoms with Crippen molar-refractivity contribution < 1.29 is 5.11 Å². The molecule has 0 fully saturated rings. The van der Waals surface area contributed by atoms with Crippen LogP contribution < -0.4 is 10.6 Å². The van der Waals surface area contributed by atoms with Gasteiger partial charge < -0.3 is 15.7 Å². The lowest BCUT2D eigenvalue weighted by atomic mass is 10.2. The van der Waals surface area contributed by atoms with E-state index in [0.717, 1.165) is 29.6 Å². The van der Waals surface area contributed by atoms with Crippen molar-refractivity contribution in [2.45, 2.75) is 33.6 Å². The summed E-state index contributed by atoms with van der Waals surface area (Å²) in [5.74, 6) is 2.76. The van der Waals surface area contributed by atoms with Gasteiger partial charge in [-0.1, -0.05) is 13.8 Å². The van der Waals surface area contributed by atoms with E-state index in [0.29, 0.717) is 6.54 Å². The predicted molar refractivity (Wildman–Crippen MR) is 70.6 cm³/mol. The van der Waals surface area contributed by atoms with E-state index in [9.17, 15) is 0 Å². The predicted octanol–water partition coefficient (Wildman–Crippen LogP) is 1.74. The number of hydrogen-bond acceptors (Lipinski definition) is 5. The van der Waals surface area contributed by atoms with Gasteiger partial charge in [0.05, 0.1) is 6.61 Å². The standard InChI is InChI=1S/C12H22N4O/c1-5-13-11-9(4)12(14-6-7-17)16-10(15-11)8(2)3/h8,17H,5-7H2,1-4H3,(H2,13,14,15,16). The average molecular weight is 238 g/mol. The van der Waals surface area contributed by atoms with E-state index >= 15 is 0 Å². The average Bonchev–Trinajstić information content (AvgIpc) is 2.30. The molecule has 0 saturated carbocycles. The first kappa shape index (κ1) is 13.7. The molecule has 1 heterocycles. The highest BCUT2D eigenvalue weighted by Crippen LogP contribution is 2.22. The molecular formula is C12H22N4O. The molecule has 0 atom stereocenters. The monoisotopic (exact) mass is 238 g/mol. The van der Waals surface area contributed by atoms with E-state index in [4.69, 9.17) is 5.11 Å². The molecule has 5 heteroatoms. The minimum atomic E-state index is 0.0942. The van der Waals surface area contributed by atoms with Crippen LogP contribution in [0.4, 0.5) is 11.6 Å². The van der Waals surface area contributed by atoms with E-state index in [-0.39, 0.29) is 12.5 Å². The Labute approximate surface area is 103 Å². The second-order valence-corrected chi connectivity index (χ2v) is 4.24. The van der Waals surface area contributed by atoms with Gasteiger partial charge in [0.15, 0.2) is 0 Å². The first-order valence-electron chi connectivity index (χ1n) is 6.07. The number of aromatic nitrogens is 2. The third-order valence-electron chi connectivity index (χ3n) is 2.43. The van der Waals surface area contributed by atoms with Crippen LogP contribution in [0.15, 0.2) is 0 Å². The summed E-state index contributed by atoms with van der Waals surface area (Å²) in [6, 6.07) is 0. The quantitative estimate of drug-likeness (QED) is 0.704. The van der Waals surface area contributed by atoms with Crippen molar-refractivity contribution in [3.05, 3.63) is 11.4 Å². The summed E-state index contributed by atoms with van der Waals surface area (Å²) in [7, 11) is 0. The zero-order chi connectivity index (χ0) is 12.8. The van der Waals surface area contributed by atoms with Crippen molar-refractivity contribution in [1.82, 2.24) is 9.97 Å². The van der Waals surface area contributed by atoms with Gasteiger partial charge in [0.2, 0.25) is 0 Å². The number of aliphatic hydroxyl groups is 1. The largest absolute Gasteiger partial charge is 0.395 e. The highest BCUT2D eigenvalue weighted by Gasteiger charge is 2.12. The van der Waals surface area contributed by atoms with E-state index in [1.807, 2.05) is 13.8 Å². The number of hydrogen-bond donors (Lipinski definition) is 3. The lowest BCUT2D eigenvalue weighted by Gasteiger charge is -2.15. The SMILES string of the molecule is CCNc1nc(C(C)C)nc(NCCO)c1C. The second kappa shape index (κ2) is 6.39. The van der Waals surface area contributed by atoms with Crippen LogP contribution in [0.25, 0.3) is 0 Å². The van der Waals surface area contributed by atoms with Crippen molar-refractivity contribution in [2.24, 2.45) is 0 Å². The Hall–Kier alpha value is -1.36. The summed E-state index contributed by atoms with van der Waals surface area (Å²) >= 11 is 0. The van der Waals surface area contributed by atoms with E-state index in [2.05, 4.69) is 34.4 Å². The fourth-order valence-electron chi connectivity index (χ4n) is 1.48. The maximum Gasteiger partial charge on any atom is 0.135 e.